The summed E-state index contributed by atoms with van der Waals surface area (Å²) >= 11 is 0. The van der Waals surface area contributed by atoms with Gasteiger partial charge in [0.15, 0.2) is 0 Å². The quantitative estimate of drug-likeness (QED) is 0.263. The molecule has 4 N–H and O–H groups in total. The Hall–Kier alpha value is -6.36. The topological polar surface area (TPSA) is 58.7 Å². The number of rotatable bonds is 4. The van der Waals surface area contributed by atoms with Crippen molar-refractivity contribution in [2.45, 2.75) is 0 Å². The molecule has 4 aliphatic heterocycles. The van der Waals surface area contributed by atoms with E-state index < -0.39 is 0 Å². The third-order valence-electron chi connectivity index (χ3n) is 9.18. The highest BCUT2D eigenvalue weighted by Gasteiger charge is 2.30. The van der Waals surface area contributed by atoms with Gasteiger partial charge in [-0.3, -0.25) is 5.32 Å². The molecule has 4 aromatic carbocycles. The van der Waals surface area contributed by atoms with Crippen LogP contribution in [0.4, 0.5) is 0 Å². The molecule has 0 aliphatic carbocycles. The summed E-state index contributed by atoms with van der Waals surface area (Å²) in [6.45, 7) is 0. The monoisotopic (exact) mass is 616 g/mol. The standard InChI is InChI=1S/C44H30N4/c1-5-13-29(14-6-1)41-33-27-40(45-28-33)44(32-19-11-4-12-20-32)39-26-25-38(48-39)43(31-17-9-3-10-18-31)37-24-23-36(47-37)42(30-15-7-2-8-16-30)35-22-21-34(41)46-35/h1-28,45,47H/p+2. The van der Waals surface area contributed by atoms with E-state index >= 15 is 0 Å². The van der Waals surface area contributed by atoms with Gasteiger partial charge in [0.25, 0.3) is 0 Å². The molecule has 4 aliphatic rings. The second-order valence-corrected chi connectivity index (χ2v) is 12.1. The summed E-state index contributed by atoms with van der Waals surface area (Å²) in [6, 6.07) is 46.8. The smallest absolute Gasteiger partial charge is 0.214 e. The summed E-state index contributed by atoms with van der Waals surface area (Å²) in [5.74, 6) is 0. The molecule has 0 saturated carbocycles. The number of hydrogen-bond acceptors (Lipinski definition) is 1. The normalized spacial score (nSPS) is 16.8. The average Bonchev–Trinajstić information content (AvgIpc) is 3.98. The molecule has 1 aromatic heterocycles. The minimum absolute atomic E-state index is 0.928. The first-order chi connectivity index (χ1) is 23.8. The molecule has 0 spiro atoms. The number of hydrogen-bond donors (Lipinski definition) is 3. The molecule has 4 nitrogen and oxygen atoms in total. The molecule has 0 radical (unpaired) electrons. The molecule has 4 heteroatoms. The molecule has 0 fully saturated rings. The minimum Gasteiger partial charge on any atom is -0.354 e. The second-order valence-electron chi connectivity index (χ2n) is 12.1. The van der Waals surface area contributed by atoms with Crippen molar-refractivity contribution in [3.63, 3.8) is 0 Å². The fourth-order valence-corrected chi connectivity index (χ4v) is 7.03. The number of nitrogens with zero attached hydrogens (tertiary/aromatic N) is 1. The number of aliphatic imine (C=N–C) groups is 1. The van der Waals surface area contributed by atoms with Gasteiger partial charge in [0.2, 0.25) is 11.4 Å². The van der Waals surface area contributed by atoms with E-state index in [9.17, 15) is 0 Å². The van der Waals surface area contributed by atoms with Crippen molar-refractivity contribution in [1.29, 1.82) is 0 Å². The number of H-pyrrole nitrogens is 1. The highest BCUT2D eigenvalue weighted by molar-refractivity contribution is 6.30. The zero-order chi connectivity index (χ0) is 31.9. The lowest BCUT2D eigenvalue weighted by Crippen LogP contribution is -2.74. The molecule has 5 aromatic rings. The van der Waals surface area contributed by atoms with Crippen LogP contribution in [0.5, 0.6) is 0 Å². The Morgan fingerprint density at radius 2 is 1.04 bits per heavy atom. The average molecular weight is 617 g/mol. The van der Waals surface area contributed by atoms with Gasteiger partial charge in [0.1, 0.15) is 11.9 Å². The van der Waals surface area contributed by atoms with Gasteiger partial charge in [-0.05, 0) is 46.5 Å². The maximum absolute atomic E-state index is 5.37. The number of nitrogens with one attached hydrogen (secondary N) is 2. The first-order valence-corrected chi connectivity index (χ1v) is 16.3. The number of aromatic nitrogens is 1. The van der Waals surface area contributed by atoms with Crippen LogP contribution in [0, 0.1) is 0 Å². The van der Waals surface area contributed by atoms with Gasteiger partial charge in [-0.25, -0.2) is 9.98 Å². The van der Waals surface area contributed by atoms with E-state index in [1.165, 1.54) is 0 Å². The van der Waals surface area contributed by atoms with Gasteiger partial charge < -0.3 is 4.98 Å². The predicted octanol–water partition coefficient (Wildman–Crippen LogP) is 4.70. The van der Waals surface area contributed by atoms with E-state index in [1.54, 1.807) is 0 Å². The van der Waals surface area contributed by atoms with Crippen molar-refractivity contribution in [3.8, 4) is 0 Å². The lowest BCUT2D eigenvalue weighted by Gasteiger charge is -2.09. The van der Waals surface area contributed by atoms with Crippen molar-refractivity contribution in [2.24, 2.45) is 4.99 Å². The molecule has 0 unspecified atom stereocenters. The van der Waals surface area contributed by atoms with Crippen LogP contribution in [-0.4, -0.2) is 16.4 Å². The molecule has 9 rings (SSSR count). The second kappa shape index (κ2) is 11.8. The SMILES string of the molecule is C1=CC2=C(c3ccccc3)C3=CC(=C[NH2+]3)C(c3ccccc3)=C3C=CC(=[NH+]3)C(c3ccccc3)=c3ccc([nH]3)=C(c3ccccc3)C1=N2. The molecule has 5 heterocycles. The summed E-state index contributed by atoms with van der Waals surface area (Å²) < 4.78 is 0. The third-order valence-corrected chi connectivity index (χ3v) is 9.18. The van der Waals surface area contributed by atoms with Crippen molar-refractivity contribution < 1.29 is 10.3 Å². The van der Waals surface area contributed by atoms with E-state index in [4.69, 9.17) is 4.99 Å². The number of fused-ring (bicyclic) bond motifs is 5. The van der Waals surface area contributed by atoms with Crippen LogP contribution < -0.4 is 21.0 Å². The van der Waals surface area contributed by atoms with Crippen LogP contribution in [0.1, 0.15) is 22.3 Å². The Labute approximate surface area is 279 Å². The summed E-state index contributed by atoms with van der Waals surface area (Å²) in [7, 11) is 0. The van der Waals surface area contributed by atoms with E-state index in [1.807, 2.05) is 0 Å². The molecular weight excluding hydrogens is 585 g/mol. The first kappa shape index (κ1) is 27.9. The number of nitrogens with two attached hydrogens (primary N) is 1. The zero-order valence-electron chi connectivity index (χ0n) is 26.2. The fourth-order valence-electron chi connectivity index (χ4n) is 7.03. The van der Waals surface area contributed by atoms with Gasteiger partial charge in [-0.2, -0.15) is 0 Å². The van der Waals surface area contributed by atoms with E-state index in [0.29, 0.717) is 0 Å². The molecule has 0 atom stereocenters. The van der Waals surface area contributed by atoms with Crippen molar-refractivity contribution >= 4 is 33.7 Å². The lowest BCUT2D eigenvalue weighted by atomic mass is 9.94. The predicted molar refractivity (Wildman–Crippen MR) is 194 cm³/mol. The van der Waals surface area contributed by atoms with Crippen LogP contribution in [0.3, 0.4) is 0 Å². The third kappa shape index (κ3) is 4.92. The number of aromatic amines is 1. The molecule has 226 valence electrons. The van der Waals surface area contributed by atoms with Gasteiger partial charge in [0.05, 0.1) is 33.5 Å². The maximum Gasteiger partial charge on any atom is 0.214 e. The summed E-state index contributed by atoms with van der Waals surface area (Å²) in [5, 5.41) is 4.28. The molecular formula is C44H32N4+2. The molecule has 0 amide bonds. The molecule has 48 heavy (non-hydrogen) atoms. The first-order valence-electron chi connectivity index (χ1n) is 16.3. The Morgan fingerprint density at radius 3 is 1.67 bits per heavy atom. The maximum atomic E-state index is 5.37. The highest BCUT2D eigenvalue weighted by atomic mass is 14.9. The lowest BCUT2D eigenvalue weighted by molar-refractivity contribution is -0.523. The number of quaternary nitrogens is 1. The van der Waals surface area contributed by atoms with Gasteiger partial charge in [-0.15, -0.1) is 0 Å². The molecule has 8 bridgehead atoms. The Morgan fingerprint density at radius 1 is 0.500 bits per heavy atom. The van der Waals surface area contributed by atoms with Gasteiger partial charge in [0, 0.05) is 34.7 Å². The Kier molecular flexibility index (Phi) is 6.85. The van der Waals surface area contributed by atoms with Crippen molar-refractivity contribution in [1.82, 2.24) is 4.98 Å². The van der Waals surface area contributed by atoms with E-state index in [-0.39, 0.29) is 0 Å². The highest BCUT2D eigenvalue weighted by Crippen LogP contribution is 2.34. The summed E-state index contributed by atoms with van der Waals surface area (Å²) in [5.41, 5.74) is 15.2. The van der Waals surface area contributed by atoms with Crippen LogP contribution in [0.2, 0.25) is 0 Å². The van der Waals surface area contributed by atoms with E-state index in [2.05, 4.69) is 185 Å². The largest absolute Gasteiger partial charge is 0.354 e. The van der Waals surface area contributed by atoms with Crippen LogP contribution >= 0.6 is 0 Å². The van der Waals surface area contributed by atoms with Gasteiger partial charge in [-0.1, -0.05) is 121 Å². The minimum atomic E-state index is 0.928. The number of allylic oxidation sites excluding steroid dienone is 8. The molecule has 0 saturated heterocycles. The van der Waals surface area contributed by atoms with Crippen molar-refractivity contribution in [2.75, 3.05) is 0 Å². The van der Waals surface area contributed by atoms with Crippen LogP contribution in [0.25, 0.3) is 22.3 Å². The van der Waals surface area contributed by atoms with Crippen LogP contribution in [0.15, 0.2) is 198 Å². The number of benzene rings is 4. The van der Waals surface area contributed by atoms with Crippen LogP contribution in [-0.2, 0) is 0 Å². The Bertz CT molecular complexity index is 2470. The van der Waals surface area contributed by atoms with Gasteiger partial charge >= 0.3 is 0 Å². The summed E-state index contributed by atoms with van der Waals surface area (Å²) in [4.78, 5) is 13.1. The summed E-state index contributed by atoms with van der Waals surface area (Å²) in [6.07, 6.45) is 13.3. The Balaban J connectivity index is 1.41. The van der Waals surface area contributed by atoms with E-state index in [0.717, 1.165) is 89.3 Å². The fraction of sp³-hybridized carbons (Fsp3) is 0. The zero-order valence-corrected chi connectivity index (χ0v) is 26.2. The van der Waals surface area contributed by atoms with Crippen molar-refractivity contribution in [3.05, 3.63) is 226 Å².